The van der Waals surface area contributed by atoms with Gasteiger partial charge in [0.25, 0.3) is 0 Å². The van der Waals surface area contributed by atoms with E-state index in [0.29, 0.717) is 6.54 Å². The van der Waals surface area contributed by atoms with Gasteiger partial charge in [0.05, 0.1) is 0 Å². The molecule has 2 aromatic carbocycles. The second kappa shape index (κ2) is 5.40. The van der Waals surface area contributed by atoms with E-state index < -0.39 is 0 Å². The standard InChI is InChI=1S/C14H14BrFN2/c1-18(13-6-4-12(16)5-7-13)9-10-2-3-11(15)8-14(10)17/h2-8H,9,17H2,1H3. The molecular weight excluding hydrogens is 295 g/mol. The van der Waals surface area contributed by atoms with Gasteiger partial charge in [0.15, 0.2) is 0 Å². The molecule has 0 bridgehead atoms. The van der Waals surface area contributed by atoms with Crippen LogP contribution in [-0.4, -0.2) is 7.05 Å². The van der Waals surface area contributed by atoms with E-state index in [1.165, 1.54) is 12.1 Å². The number of benzene rings is 2. The van der Waals surface area contributed by atoms with Gasteiger partial charge in [0.2, 0.25) is 0 Å². The average molecular weight is 309 g/mol. The molecule has 0 aromatic heterocycles. The quantitative estimate of drug-likeness (QED) is 0.874. The summed E-state index contributed by atoms with van der Waals surface area (Å²) in [7, 11) is 1.95. The van der Waals surface area contributed by atoms with Crippen LogP contribution in [0.25, 0.3) is 0 Å². The number of hydrogen-bond acceptors (Lipinski definition) is 2. The van der Waals surface area contributed by atoms with Crippen LogP contribution in [0.3, 0.4) is 0 Å². The van der Waals surface area contributed by atoms with Crippen LogP contribution in [0.1, 0.15) is 5.56 Å². The molecule has 0 radical (unpaired) electrons. The van der Waals surface area contributed by atoms with Gasteiger partial charge in [-0.25, -0.2) is 4.39 Å². The Balaban J connectivity index is 2.15. The Morgan fingerprint density at radius 2 is 1.83 bits per heavy atom. The number of rotatable bonds is 3. The van der Waals surface area contributed by atoms with Gasteiger partial charge in [-0.3, -0.25) is 0 Å². The fourth-order valence-corrected chi connectivity index (χ4v) is 2.13. The summed E-state index contributed by atoms with van der Waals surface area (Å²) in [6, 6.07) is 12.2. The van der Waals surface area contributed by atoms with Gasteiger partial charge < -0.3 is 10.6 Å². The molecular formula is C14H14BrFN2. The van der Waals surface area contributed by atoms with Crippen molar-refractivity contribution in [1.82, 2.24) is 0 Å². The van der Waals surface area contributed by atoms with Crippen molar-refractivity contribution < 1.29 is 4.39 Å². The first kappa shape index (κ1) is 12.9. The minimum Gasteiger partial charge on any atom is -0.398 e. The summed E-state index contributed by atoms with van der Waals surface area (Å²) in [5.74, 6) is -0.227. The van der Waals surface area contributed by atoms with Crippen molar-refractivity contribution in [1.29, 1.82) is 0 Å². The highest BCUT2D eigenvalue weighted by Gasteiger charge is 2.05. The minimum atomic E-state index is -0.227. The molecule has 0 fully saturated rings. The van der Waals surface area contributed by atoms with Crippen molar-refractivity contribution in [3.05, 3.63) is 58.3 Å². The number of anilines is 2. The number of nitrogens with two attached hydrogens (primary N) is 1. The molecule has 2 aromatic rings. The van der Waals surface area contributed by atoms with Crippen molar-refractivity contribution in [2.75, 3.05) is 17.7 Å². The fourth-order valence-electron chi connectivity index (χ4n) is 1.75. The number of hydrogen-bond donors (Lipinski definition) is 1. The van der Waals surface area contributed by atoms with Crippen LogP contribution in [0.15, 0.2) is 46.9 Å². The summed E-state index contributed by atoms with van der Waals surface area (Å²) >= 11 is 3.38. The summed E-state index contributed by atoms with van der Waals surface area (Å²) in [6.07, 6.45) is 0. The molecule has 0 unspecified atom stereocenters. The largest absolute Gasteiger partial charge is 0.398 e. The van der Waals surface area contributed by atoms with Crippen LogP contribution in [0, 0.1) is 5.82 Å². The van der Waals surface area contributed by atoms with Gasteiger partial charge in [-0.05, 0) is 42.0 Å². The molecule has 2 nitrogen and oxygen atoms in total. The smallest absolute Gasteiger partial charge is 0.123 e. The van der Waals surface area contributed by atoms with E-state index in [9.17, 15) is 4.39 Å². The lowest BCUT2D eigenvalue weighted by molar-refractivity contribution is 0.627. The van der Waals surface area contributed by atoms with E-state index in [4.69, 9.17) is 5.73 Å². The van der Waals surface area contributed by atoms with Crippen LogP contribution >= 0.6 is 15.9 Å². The van der Waals surface area contributed by atoms with Crippen LogP contribution in [0.4, 0.5) is 15.8 Å². The predicted octanol–water partition coefficient (Wildman–Crippen LogP) is 3.81. The molecule has 0 atom stereocenters. The molecule has 0 amide bonds. The Hall–Kier alpha value is -1.55. The molecule has 0 saturated heterocycles. The van der Waals surface area contributed by atoms with Crippen molar-refractivity contribution >= 4 is 27.3 Å². The predicted molar refractivity (Wildman–Crippen MR) is 77.1 cm³/mol. The van der Waals surface area contributed by atoms with Gasteiger partial charge >= 0.3 is 0 Å². The first-order chi connectivity index (χ1) is 8.56. The van der Waals surface area contributed by atoms with E-state index in [1.807, 2.05) is 30.1 Å². The summed E-state index contributed by atoms with van der Waals surface area (Å²) in [5.41, 5.74) is 8.71. The summed E-state index contributed by atoms with van der Waals surface area (Å²) in [6.45, 7) is 0.685. The maximum Gasteiger partial charge on any atom is 0.123 e. The van der Waals surface area contributed by atoms with E-state index in [2.05, 4.69) is 15.9 Å². The third-order valence-electron chi connectivity index (χ3n) is 2.78. The van der Waals surface area contributed by atoms with Gasteiger partial charge in [0.1, 0.15) is 5.82 Å². The van der Waals surface area contributed by atoms with Crippen LogP contribution in [0.2, 0.25) is 0 Å². The molecule has 0 aliphatic heterocycles. The average Bonchev–Trinajstić information content (AvgIpc) is 2.33. The second-order valence-electron chi connectivity index (χ2n) is 4.18. The molecule has 0 spiro atoms. The molecule has 0 heterocycles. The SMILES string of the molecule is CN(Cc1ccc(Br)cc1N)c1ccc(F)cc1. The fraction of sp³-hybridized carbons (Fsp3) is 0.143. The third kappa shape index (κ3) is 3.01. The lowest BCUT2D eigenvalue weighted by Crippen LogP contribution is -2.17. The first-order valence-corrected chi connectivity index (χ1v) is 6.36. The number of halogens is 2. The highest BCUT2D eigenvalue weighted by Crippen LogP contribution is 2.22. The van der Waals surface area contributed by atoms with E-state index in [1.54, 1.807) is 12.1 Å². The normalized spacial score (nSPS) is 10.4. The van der Waals surface area contributed by atoms with Crippen LogP contribution < -0.4 is 10.6 Å². The first-order valence-electron chi connectivity index (χ1n) is 5.57. The molecule has 0 aliphatic rings. The minimum absolute atomic E-state index is 0.227. The van der Waals surface area contributed by atoms with E-state index in [0.717, 1.165) is 21.4 Å². The maximum absolute atomic E-state index is 12.8. The Morgan fingerprint density at radius 3 is 2.44 bits per heavy atom. The zero-order valence-electron chi connectivity index (χ0n) is 10.0. The lowest BCUT2D eigenvalue weighted by atomic mass is 10.1. The Kier molecular flexibility index (Phi) is 3.87. The Labute approximate surface area is 114 Å². The maximum atomic E-state index is 12.8. The molecule has 0 aliphatic carbocycles. The lowest BCUT2D eigenvalue weighted by Gasteiger charge is -2.20. The van der Waals surface area contributed by atoms with Crippen molar-refractivity contribution in [3.63, 3.8) is 0 Å². The second-order valence-corrected chi connectivity index (χ2v) is 5.09. The van der Waals surface area contributed by atoms with Crippen LogP contribution in [0.5, 0.6) is 0 Å². The molecule has 2 N–H and O–H groups in total. The van der Waals surface area contributed by atoms with E-state index in [-0.39, 0.29) is 5.82 Å². The van der Waals surface area contributed by atoms with Crippen molar-refractivity contribution in [2.24, 2.45) is 0 Å². The Bertz CT molecular complexity index is 540. The molecule has 18 heavy (non-hydrogen) atoms. The highest BCUT2D eigenvalue weighted by atomic mass is 79.9. The third-order valence-corrected chi connectivity index (χ3v) is 3.28. The molecule has 94 valence electrons. The van der Waals surface area contributed by atoms with E-state index >= 15 is 0 Å². The van der Waals surface area contributed by atoms with Gasteiger partial charge in [-0.2, -0.15) is 0 Å². The number of nitrogen functional groups attached to an aromatic ring is 1. The summed E-state index contributed by atoms with van der Waals surface area (Å²) in [4.78, 5) is 2.03. The van der Waals surface area contributed by atoms with Crippen molar-refractivity contribution in [2.45, 2.75) is 6.54 Å². The molecule has 0 saturated carbocycles. The van der Waals surface area contributed by atoms with Gasteiger partial charge in [-0.15, -0.1) is 0 Å². The zero-order valence-corrected chi connectivity index (χ0v) is 11.6. The topological polar surface area (TPSA) is 29.3 Å². The van der Waals surface area contributed by atoms with Gasteiger partial charge in [0, 0.05) is 29.4 Å². The molecule has 2 rings (SSSR count). The highest BCUT2D eigenvalue weighted by molar-refractivity contribution is 9.10. The van der Waals surface area contributed by atoms with Gasteiger partial charge in [-0.1, -0.05) is 22.0 Å². The summed E-state index contributed by atoms with van der Waals surface area (Å²) in [5, 5.41) is 0. The Morgan fingerprint density at radius 1 is 1.17 bits per heavy atom. The van der Waals surface area contributed by atoms with Crippen LogP contribution in [-0.2, 0) is 6.54 Å². The number of nitrogens with zero attached hydrogens (tertiary/aromatic N) is 1. The monoisotopic (exact) mass is 308 g/mol. The zero-order chi connectivity index (χ0) is 13.1. The van der Waals surface area contributed by atoms with Crippen molar-refractivity contribution in [3.8, 4) is 0 Å². The molecule has 4 heteroatoms. The summed E-state index contributed by atoms with van der Waals surface area (Å²) < 4.78 is 13.8.